The van der Waals surface area contributed by atoms with E-state index in [9.17, 15) is 4.79 Å². The van der Waals surface area contributed by atoms with Gasteiger partial charge in [0.25, 0.3) is 0 Å². The monoisotopic (exact) mass is 192 g/mol. The van der Waals surface area contributed by atoms with Gasteiger partial charge in [-0.1, -0.05) is 31.2 Å². The first-order valence-corrected chi connectivity index (χ1v) is 4.79. The fraction of sp³-hybridized carbons (Fsp3) is 0.364. The maximum absolute atomic E-state index is 11.2. The highest BCUT2D eigenvalue weighted by molar-refractivity contribution is 5.77. The number of nitrogens with one attached hydrogen (secondary N) is 2. The van der Waals surface area contributed by atoms with Crippen molar-refractivity contribution >= 4 is 5.91 Å². The normalized spacial score (nSPS) is 9.86. The molecule has 0 heterocycles. The van der Waals surface area contributed by atoms with E-state index in [1.54, 1.807) is 7.05 Å². The smallest absolute Gasteiger partial charge is 0.238 e. The molecule has 0 aliphatic rings. The Bertz CT molecular complexity index is 293. The van der Waals surface area contributed by atoms with Crippen molar-refractivity contribution in [1.29, 1.82) is 0 Å². The minimum Gasteiger partial charge on any atom is -0.292 e. The summed E-state index contributed by atoms with van der Waals surface area (Å²) in [5.41, 5.74) is 7.48. The second kappa shape index (κ2) is 5.40. The molecule has 1 aromatic rings. The molecule has 1 amide bonds. The Hall–Kier alpha value is -1.35. The van der Waals surface area contributed by atoms with Crippen LogP contribution in [0.5, 0.6) is 0 Å². The van der Waals surface area contributed by atoms with E-state index in [-0.39, 0.29) is 5.91 Å². The van der Waals surface area contributed by atoms with E-state index in [0.29, 0.717) is 6.42 Å². The Balaban J connectivity index is 2.55. The maximum Gasteiger partial charge on any atom is 0.238 e. The first-order chi connectivity index (χ1) is 6.76. The molecule has 0 aromatic heterocycles. The molecule has 76 valence electrons. The highest BCUT2D eigenvalue weighted by Gasteiger charge is 2.00. The van der Waals surface area contributed by atoms with Gasteiger partial charge in [0, 0.05) is 7.05 Å². The third-order valence-electron chi connectivity index (χ3n) is 2.06. The summed E-state index contributed by atoms with van der Waals surface area (Å²) in [4.78, 5) is 11.2. The summed E-state index contributed by atoms with van der Waals surface area (Å²) < 4.78 is 0. The Morgan fingerprint density at radius 1 is 1.21 bits per heavy atom. The number of amides is 1. The van der Waals surface area contributed by atoms with Crippen molar-refractivity contribution in [3.63, 3.8) is 0 Å². The van der Waals surface area contributed by atoms with E-state index in [0.717, 1.165) is 12.0 Å². The van der Waals surface area contributed by atoms with Gasteiger partial charge < -0.3 is 0 Å². The fourth-order valence-electron chi connectivity index (χ4n) is 1.26. The average Bonchev–Trinajstić information content (AvgIpc) is 2.19. The van der Waals surface area contributed by atoms with Crippen molar-refractivity contribution < 1.29 is 4.79 Å². The van der Waals surface area contributed by atoms with Crippen molar-refractivity contribution in [2.24, 2.45) is 0 Å². The molecule has 0 fully saturated rings. The van der Waals surface area contributed by atoms with Crippen molar-refractivity contribution in [3.05, 3.63) is 35.4 Å². The van der Waals surface area contributed by atoms with Crippen LogP contribution < -0.4 is 10.9 Å². The number of hydrazine groups is 1. The van der Waals surface area contributed by atoms with Gasteiger partial charge in [-0.05, 0) is 17.5 Å². The Labute approximate surface area is 84.5 Å². The number of aryl methyl sites for hydroxylation is 1. The zero-order valence-electron chi connectivity index (χ0n) is 8.63. The molecule has 1 rings (SSSR count). The van der Waals surface area contributed by atoms with Crippen molar-refractivity contribution in [2.45, 2.75) is 19.8 Å². The number of carbonyl (C=O) groups is 1. The van der Waals surface area contributed by atoms with Gasteiger partial charge in [-0.15, -0.1) is 0 Å². The van der Waals surface area contributed by atoms with Gasteiger partial charge in [0.1, 0.15) is 0 Å². The first kappa shape index (κ1) is 10.7. The van der Waals surface area contributed by atoms with E-state index in [4.69, 9.17) is 0 Å². The van der Waals surface area contributed by atoms with Crippen LogP contribution >= 0.6 is 0 Å². The molecule has 14 heavy (non-hydrogen) atoms. The molecule has 3 nitrogen and oxygen atoms in total. The van der Waals surface area contributed by atoms with Crippen LogP contribution in [0.15, 0.2) is 24.3 Å². The molecule has 2 N–H and O–H groups in total. The van der Waals surface area contributed by atoms with Crippen LogP contribution in [-0.4, -0.2) is 13.0 Å². The van der Waals surface area contributed by atoms with Gasteiger partial charge in [0.05, 0.1) is 6.42 Å². The van der Waals surface area contributed by atoms with E-state index in [2.05, 4.69) is 29.9 Å². The third-order valence-corrected chi connectivity index (χ3v) is 2.06. The molecule has 0 saturated carbocycles. The molecule has 0 spiro atoms. The van der Waals surface area contributed by atoms with Crippen molar-refractivity contribution in [1.82, 2.24) is 10.9 Å². The van der Waals surface area contributed by atoms with E-state index >= 15 is 0 Å². The summed E-state index contributed by atoms with van der Waals surface area (Å²) in [5.74, 6) is -0.0169. The summed E-state index contributed by atoms with van der Waals surface area (Å²) in [7, 11) is 1.68. The molecule has 1 aromatic carbocycles. The number of hydrogen-bond donors (Lipinski definition) is 2. The van der Waals surface area contributed by atoms with Crippen LogP contribution in [0.2, 0.25) is 0 Å². The van der Waals surface area contributed by atoms with Crippen LogP contribution in [0.25, 0.3) is 0 Å². The molecule has 0 saturated heterocycles. The summed E-state index contributed by atoms with van der Waals surface area (Å²) >= 11 is 0. The average molecular weight is 192 g/mol. The lowest BCUT2D eigenvalue weighted by atomic mass is 10.1. The zero-order valence-corrected chi connectivity index (χ0v) is 8.63. The lowest BCUT2D eigenvalue weighted by Gasteiger charge is -2.03. The topological polar surface area (TPSA) is 41.1 Å². The van der Waals surface area contributed by atoms with Gasteiger partial charge in [-0.2, -0.15) is 0 Å². The van der Waals surface area contributed by atoms with Crippen LogP contribution in [0.3, 0.4) is 0 Å². The first-order valence-electron chi connectivity index (χ1n) is 4.79. The van der Waals surface area contributed by atoms with Gasteiger partial charge in [0.2, 0.25) is 5.91 Å². The predicted molar refractivity (Wildman–Crippen MR) is 56.7 cm³/mol. The maximum atomic E-state index is 11.2. The van der Waals surface area contributed by atoms with E-state index in [1.807, 2.05) is 12.1 Å². The summed E-state index contributed by atoms with van der Waals surface area (Å²) in [6, 6.07) is 8.10. The van der Waals surface area contributed by atoms with E-state index < -0.39 is 0 Å². The lowest BCUT2D eigenvalue weighted by Crippen LogP contribution is -2.35. The quantitative estimate of drug-likeness (QED) is 0.700. The van der Waals surface area contributed by atoms with E-state index in [1.165, 1.54) is 5.56 Å². The molecular formula is C11H16N2O. The number of carbonyl (C=O) groups excluding carboxylic acids is 1. The third kappa shape index (κ3) is 3.18. The predicted octanol–water partition coefficient (Wildman–Crippen LogP) is 1.04. The second-order valence-electron chi connectivity index (χ2n) is 3.15. The van der Waals surface area contributed by atoms with Crippen LogP contribution in [-0.2, 0) is 17.6 Å². The van der Waals surface area contributed by atoms with Crippen LogP contribution in [0.4, 0.5) is 0 Å². The highest BCUT2D eigenvalue weighted by Crippen LogP contribution is 2.05. The molecule has 0 aliphatic heterocycles. The summed E-state index contributed by atoms with van der Waals surface area (Å²) in [5, 5.41) is 0. The van der Waals surface area contributed by atoms with Gasteiger partial charge in [-0.3, -0.25) is 10.2 Å². The van der Waals surface area contributed by atoms with Gasteiger partial charge in [-0.25, -0.2) is 5.43 Å². The fourth-order valence-corrected chi connectivity index (χ4v) is 1.26. The minimum atomic E-state index is -0.0169. The molecule has 0 bridgehead atoms. The van der Waals surface area contributed by atoms with Crippen LogP contribution in [0.1, 0.15) is 18.1 Å². The molecule has 0 radical (unpaired) electrons. The molecule has 0 aliphatic carbocycles. The SMILES string of the molecule is CCc1ccc(CC(=O)NNC)cc1. The Kier molecular flexibility index (Phi) is 4.13. The lowest BCUT2D eigenvalue weighted by molar-refractivity contribution is -0.121. The molecule has 0 unspecified atom stereocenters. The van der Waals surface area contributed by atoms with Gasteiger partial charge in [0.15, 0.2) is 0 Å². The minimum absolute atomic E-state index is 0.0169. The van der Waals surface area contributed by atoms with Gasteiger partial charge >= 0.3 is 0 Å². The van der Waals surface area contributed by atoms with Crippen LogP contribution in [0, 0.1) is 0 Å². The number of benzene rings is 1. The Morgan fingerprint density at radius 2 is 1.79 bits per heavy atom. The summed E-state index contributed by atoms with van der Waals surface area (Å²) in [6.45, 7) is 2.11. The summed E-state index contributed by atoms with van der Waals surface area (Å²) in [6.07, 6.45) is 1.45. The zero-order chi connectivity index (χ0) is 10.4. The van der Waals surface area contributed by atoms with Crippen molar-refractivity contribution in [3.8, 4) is 0 Å². The van der Waals surface area contributed by atoms with Crippen molar-refractivity contribution in [2.75, 3.05) is 7.05 Å². The molecule has 0 atom stereocenters. The number of hydrogen-bond acceptors (Lipinski definition) is 2. The number of rotatable bonds is 4. The molecular weight excluding hydrogens is 176 g/mol. The Morgan fingerprint density at radius 3 is 2.29 bits per heavy atom. The largest absolute Gasteiger partial charge is 0.292 e. The highest BCUT2D eigenvalue weighted by atomic mass is 16.2. The molecule has 3 heteroatoms. The second-order valence-corrected chi connectivity index (χ2v) is 3.15. The standard InChI is InChI=1S/C11H16N2O/c1-3-9-4-6-10(7-5-9)8-11(14)13-12-2/h4-7,12H,3,8H2,1-2H3,(H,13,14).